The van der Waals surface area contributed by atoms with E-state index in [0.29, 0.717) is 11.8 Å². The van der Waals surface area contributed by atoms with Gasteiger partial charge in [-0.1, -0.05) is 80.1 Å². The zero-order valence-electron chi connectivity index (χ0n) is 26.7. The van der Waals surface area contributed by atoms with E-state index < -0.39 is 14.4 Å². The quantitative estimate of drug-likeness (QED) is 0.256. The summed E-state index contributed by atoms with van der Waals surface area (Å²) in [7, 11) is -7.70. The highest BCUT2D eigenvalue weighted by atomic mass is 32.1. The van der Waals surface area contributed by atoms with Gasteiger partial charge in [0, 0.05) is 12.1 Å². The standard InChI is InChI=1S/C32H62N2O4P2/c1-31(2,3)25-17-21-29(22-18-25)37-39(35,33-27-13-9-7-10-14-27)40(36,34-28-15-11-8-12-16-28)38-30-23-19-26(20-24-30)32(4,5)6/h25-30H,7-24H2,1-6H3,(H,33,35)(H,34,36). The molecule has 0 amide bonds. The molecule has 4 fully saturated rings. The Morgan fingerprint density at radius 1 is 0.475 bits per heavy atom. The van der Waals surface area contributed by atoms with E-state index in [2.05, 4.69) is 51.7 Å². The Morgan fingerprint density at radius 2 is 0.775 bits per heavy atom. The lowest BCUT2D eigenvalue weighted by Gasteiger charge is -2.42. The van der Waals surface area contributed by atoms with Crippen LogP contribution in [0.15, 0.2) is 0 Å². The molecule has 0 aromatic rings. The first-order valence-electron chi connectivity index (χ1n) is 16.9. The van der Waals surface area contributed by atoms with Crippen LogP contribution in [0.5, 0.6) is 0 Å². The van der Waals surface area contributed by atoms with E-state index >= 15 is 9.13 Å². The smallest absolute Gasteiger partial charge is 0.307 e. The molecule has 4 rings (SSSR count). The number of hydrogen-bond donors (Lipinski definition) is 2. The average Bonchev–Trinajstić information content (AvgIpc) is 2.89. The van der Waals surface area contributed by atoms with Crippen molar-refractivity contribution < 1.29 is 18.2 Å². The van der Waals surface area contributed by atoms with Gasteiger partial charge in [0.25, 0.3) is 0 Å². The topological polar surface area (TPSA) is 76.7 Å². The van der Waals surface area contributed by atoms with Gasteiger partial charge in [-0.25, -0.2) is 10.2 Å². The van der Waals surface area contributed by atoms with Crippen molar-refractivity contribution in [3.63, 3.8) is 0 Å². The first-order valence-corrected chi connectivity index (χ1v) is 20.9. The van der Waals surface area contributed by atoms with E-state index in [1.54, 1.807) is 0 Å². The Bertz CT molecular complexity index is 798. The van der Waals surface area contributed by atoms with E-state index in [1.165, 1.54) is 12.8 Å². The molecule has 0 aromatic carbocycles. The number of hydrogen-bond acceptors (Lipinski definition) is 4. The van der Waals surface area contributed by atoms with E-state index in [9.17, 15) is 0 Å². The van der Waals surface area contributed by atoms with E-state index in [-0.39, 0.29) is 35.1 Å². The molecule has 0 aliphatic heterocycles. The fourth-order valence-corrected chi connectivity index (χ4v) is 14.5. The van der Waals surface area contributed by atoms with Crippen LogP contribution >= 0.6 is 14.4 Å². The summed E-state index contributed by atoms with van der Waals surface area (Å²) in [5.41, 5.74) is 0.531. The first-order chi connectivity index (χ1) is 18.8. The lowest BCUT2D eigenvalue weighted by molar-refractivity contribution is 0.0808. The molecule has 2 N–H and O–H groups in total. The van der Waals surface area contributed by atoms with Crippen LogP contribution in [-0.2, 0) is 18.2 Å². The SMILES string of the molecule is CC(C)(C)C1CCC(OP(=O)(NC2CCCCC2)P(=O)(NC2CCCCC2)OC2CCC(C(C)(C)C)CC2)CC1. The van der Waals surface area contributed by atoms with Gasteiger partial charge in [-0.3, -0.25) is 9.13 Å². The van der Waals surface area contributed by atoms with Gasteiger partial charge in [-0.15, -0.1) is 0 Å². The van der Waals surface area contributed by atoms with Gasteiger partial charge in [0.2, 0.25) is 0 Å². The summed E-state index contributed by atoms with van der Waals surface area (Å²) < 4.78 is 43.8. The largest absolute Gasteiger partial charge is 0.367 e. The molecule has 4 saturated carbocycles. The number of nitrogens with one attached hydrogen (secondary N) is 2. The summed E-state index contributed by atoms with van der Waals surface area (Å²) in [5, 5.41) is 6.91. The third-order valence-corrected chi connectivity index (χ3v) is 17.2. The van der Waals surface area contributed by atoms with Crippen LogP contribution in [0, 0.1) is 22.7 Å². The van der Waals surface area contributed by atoms with E-state index in [0.717, 1.165) is 103 Å². The number of rotatable bonds is 9. The predicted molar refractivity (Wildman–Crippen MR) is 168 cm³/mol. The van der Waals surface area contributed by atoms with Gasteiger partial charge < -0.3 is 9.05 Å². The minimum Gasteiger partial charge on any atom is -0.307 e. The predicted octanol–water partition coefficient (Wildman–Crippen LogP) is 10.4. The second kappa shape index (κ2) is 13.9. The molecule has 2 unspecified atom stereocenters. The third kappa shape index (κ3) is 8.92. The molecule has 4 aliphatic carbocycles. The minimum atomic E-state index is -3.85. The molecule has 0 bridgehead atoms. The minimum absolute atomic E-state index is 0.0761. The zero-order chi connectivity index (χ0) is 29.0. The molecular weight excluding hydrogens is 538 g/mol. The van der Waals surface area contributed by atoms with Crippen LogP contribution in [0.3, 0.4) is 0 Å². The van der Waals surface area contributed by atoms with Crippen LogP contribution in [0.2, 0.25) is 0 Å². The Balaban J connectivity index is 1.57. The molecule has 0 radical (unpaired) electrons. The van der Waals surface area contributed by atoms with Crippen molar-refractivity contribution in [2.45, 2.75) is 181 Å². The Kier molecular flexibility index (Phi) is 11.6. The monoisotopic (exact) mass is 600 g/mol. The average molecular weight is 601 g/mol. The molecule has 234 valence electrons. The maximum absolute atomic E-state index is 15.2. The van der Waals surface area contributed by atoms with E-state index in [1.807, 2.05) is 0 Å². The van der Waals surface area contributed by atoms with Crippen molar-refractivity contribution in [2.75, 3.05) is 0 Å². The molecule has 2 atom stereocenters. The highest BCUT2D eigenvalue weighted by molar-refractivity contribution is 8.30. The molecule has 0 heterocycles. The van der Waals surface area contributed by atoms with Crippen molar-refractivity contribution in [3.05, 3.63) is 0 Å². The van der Waals surface area contributed by atoms with Crippen molar-refractivity contribution in [2.24, 2.45) is 22.7 Å². The van der Waals surface area contributed by atoms with Gasteiger partial charge >= 0.3 is 14.4 Å². The molecule has 0 spiro atoms. The second-order valence-electron chi connectivity index (χ2n) is 15.9. The van der Waals surface area contributed by atoms with Crippen LogP contribution in [0.25, 0.3) is 0 Å². The van der Waals surface area contributed by atoms with Gasteiger partial charge in [0.1, 0.15) is 0 Å². The Labute approximate surface area is 246 Å². The van der Waals surface area contributed by atoms with Crippen molar-refractivity contribution in [1.29, 1.82) is 0 Å². The summed E-state index contributed by atoms with van der Waals surface area (Å²) in [4.78, 5) is 0. The normalized spacial score (nSPS) is 33.2. The third-order valence-electron chi connectivity index (χ3n) is 10.6. The Morgan fingerprint density at radius 3 is 1.05 bits per heavy atom. The summed E-state index contributed by atoms with van der Waals surface area (Å²) in [6.45, 7) is 13.9. The summed E-state index contributed by atoms with van der Waals surface area (Å²) >= 11 is 0. The molecule has 8 heteroatoms. The highest BCUT2D eigenvalue weighted by Gasteiger charge is 2.53. The van der Waals surface area contributed by atoms with Crippen molar-refractivity contribution >= 4 is 14.4 Å². The van der Waals surface area contributed by atoms with E-state index in [4.69, 9.17) is 9.05 Å². The van der Waals surface area contributed by atoms with Crippen LogP contribution in [0.4, 0.5) is 0 Å². The summed E-state index contributed by atoms with van der Waals surface area (Å²) in [6.07, 6.45) is 18.2. The van der Waals surface area contributed by atoms with Gasteiger partial charge in [0.15, 0.2) is 0 Å². The second-order valence-corrected chi connectivity index (χ2v) is 22.0. The molecule has 40 heavy (non-hydrogen) atoms. The fourth-order valence-electron chi connectivity index (χ4n) is 7.73. The first kappa shape index (κ1) is 33.2. The van der Waals surface area contributed by atoms with Crippen molar-refractivity contribution in [3.8, 4) is 0 Å². The molecule has 4 aliphatic rings. The lowest BCUT2D eigenvalue weighted by atomic mass is 9.72. The summed E-state index contributed by atoms with van der Waals surface area (Å²) in [5.74, 6) is 1.28. The van der Waals surface area contributed by atoms with Gasteiger partial charge in [-0.2, -0.15) is 0 Å². The maximum atomic E-state index is 15.2. The molecular formula is C32H62N2O4P2. The lowest BCUT2D eigenvalue weighted by Crippen LogP contribution is -2.38. The molecule has 0 aromatic heterocycles. The fraction of sp³-hybridized carbons (Fsp3) is 1.00. The highest BCUT2D eigenvalue weighted by Crippen LogP contribution is 2.80. The maximum Gasteiger partial charge on any atom is 0.367 e. The van der Waals surface area contributed by atoms with Crippen molar-refractivity contribution in [1.82, 2.24) is 10.2 Å². The molecule has 0 saturated heterocycles. The Hall–Kier alpha value is 0.300. The molecule has 6 nitrogen and oxygen atoms in total. The van der Waals surface area contributed by atoms with Gasteiger partial charge in [-0.05, 0) is 99.7 Å². The summed E-state index contributed by atoms with van der Waals surface area (Å²) in [6, 6.07) is 0.152. The van der Waals surface area contributed by atoms with Gasteiger partial charge in [0.05, 0.1) is 12.2 Å². The zero-order valence-corrected chi connectivity index (χ0v) is 28.5. The van der Waals surface area contributed by atoms with Crippen LogP contribution in [-0.4, -0.2) is 24.3 Å². The van der Waals surface area contributed by atoms with Crippen LogP contribution in [0.1, 0.15) is 157 Å². The van der Waals surface area contributed by atoms with Crippen LogP contribution < -0.4 is 10.2 Å².